The molecule has 2 unspecified atom stereocenters. The van der Waals surface area contributed by atoms with Crippen LogP contribution in [0.5, 0.6) is 0 Å². The summed E-state index contributed by atoms with van der Waals surface area (Å²) in [4.78, 5) is 32.2. The maximum Gasteiger partial charge on any atom is 0.326 e. The van der Waals surface area contributed by atoms with Gasteiger partial charge in [0.2, 0.25) is 0 Å². The molecule has 7 nitrogen and oxygen atoms in total. The highest BCUT2D eigenvalue weighted by molar-refractivity contribution is 6.29. The molecule has 2 rings (SSSR count). The lowest BCUT2D eigenvalue weighted by molar-refractivity contribution is -0.141. The van der Waals surface area contributed by atoms with E-state index >= 15 is 0 Å². The van der Waals surface area contributed by atoms with Gasteiger partial charge in [0.05, 0.1) is 18.5 Å². The number of carbonyl (C=O) groups excluding carboxylic acids is 1. The van der Waals surface area contributed by atoms with E-state index in [4.69, 9.17) is 21.4 Å². The van der Waals surface area contributed by atoms with E-state index in [-0.39, 0.29) is 29.9 Å². The van der Waals surface area contributed by atoms with Crippen LogP contribution in [-0.4, -0.2) is 57.7 Å². The predicted molar refractivity (Wildman–Crippen MR) is 64.9 cm³/mol. The van der Waals surface area contributed by atoms with Gasteiger partial charge in [0.15, 0.2) is 0 Å². The average Bonchev–Trinajstić information content (AvgIpc) is 2.82. The molecule has 0 saturated carbocycles. The van der Waals surface area contributed by atoms with Crippen molar-refractivity contribution in [1.29, 1.82) is 0 Å². The lowest BCUT2D eigenvalue weighted by atomic mass is 10.2. The molecule has 0 bridgehead atoms. The number of carboxylic acids is 1. The zero-order chi connectivity index (χ0) is 14.0. The van der Waals surface area contributed by atoms with Gasteiger partial charge in [0.25, 0.3) is 5.91 Å². The van der Waals surface area contributed by atoms with E-state index in [2.05, 4.69) is 9.97 Å². The number of carbonyl (C=O) groups is 2. The van der Waals surface area contributed by atoms with Crippen molar-refractivity contribution in [3.05, 3.63) is 23.2 Å². The van der Waals surface area contributed by atoms with Crippen LogP contribution >= 0.6 is 11.6 Å². The smallest absolute Gasteiger partial charge is 0.326 e. The van der Waals surface area contributed by atoms with Crippen LogP contribution in [0.3, 0.4) is 0 Å². The molecular formula is C11H12ClN3O4. The fourth-order valence-corrected chi connectivity index (χ4v) is 2.17. The second-order valence-electron chi connectivity index (χ2n) is 4.13. The third-order valence-corrected chi connectivity index (χ3v) is 3.15. The molecule has 1 aromatic rings. The summed E-state index contributed by atoms with van der Waals surface area (Å²) < 4.78 is 5.11. The summed E-state index contributed by atoms with van der Waals surface area (Å²) in [5, 5.41) is 9.22. The molecule has 1 amide bonds. The fraction of sp³-hybridized carbons (Fsp3) is 0.455. The third-order valence-electron chi connectivity index (χ3n) is 2.97. The number of carboxylic acid groups (broad SMARTS) is 1. The standard InChI is InChI=1S/C11H12ClN3O4/c1-19-6-2-8(11(17)18)15(5-6)10(16)7-3-13-4-9(12)14-7/h3-4,6,8H,2,5H2,1H3,(H,17,18). The summed E-state index contributed by atoms with van der Waals surface area (Å²) in [5.74, 6) is -1.58. The van der Waals surface area contributed by atoms with Gasteiger partial charge in [0.1, 0.15) is 16.9 Å². The first kappa shape index (κ1) is 13.7. The van der Waals surface area contributed by atoms with Crippen molar-refractivity contribution in [1.82, 2.24) is 14.9 Å². The number of nitrogens with zero attached hydrogens (tertiary/aromatic N) is 3. The molecular weight excluding hydrogens is 274 g/mol. The highest BCUT2D eigenvalue weighted by Crippen LogP contribution is 2.22. The SMILES string of the molecule is COC1CC(C(=O)O)N(C(=O)c2cncc(Cl)n2)C1. The summed E-state index contributed by atoms with van der Waals surface area (Å²) in [6.07, 6.45) is 2.52. The fourth-order valence-electron chi connectivity index (χ4n) is 2.02. The number of halogens is 1. The maximum atomic E-state index is 12.2. The van der Waals surface area contributed by atoms with Gasteiger partial charge in [-0.3, -0.25) is 9.78 Å². The monoisotopic (exact) mass is 285 g/mol. The van der Waals surface area contributed by atoms with Gasteiger partial charge in [0, 0.05) is 20.1 Å². The van der Waals surface area contributed by atoms with Crippen LogP contribution in [0.2, 0.25) is 5.15 Å². The Kier molecular flexibility index (Phi) is 3.96. The molecule has 0 aromatic carbocycles. The largest absolute Gasteiger partial charge is 0.480 e. The topological polar surface area (TPSA) is 92.6 Å². The van der Waals surface area contributed by atoms with E-state index in [1.807, 2.05) is 0 Å². The zero-order valence-corrected chi connectivity index (χ0v) is 10.9. The Morgan fingerprint density at radius 1 is 1.53 bits per heavy atom. The summed E-state index contributed by atoms with van der Waals surface area (Å²) in [6, 6.07) is -0.918. The van der Waals surface area contributed by atoms with Crippen LogP contribution in [0.1, 0.15) is 16.9 Å². The number of ether oxygens (including phenoxy) is 1. The molecule has 1 aliphatic heterocycles. The predicted octanol–water partition coefficient (Wildman–Crippen LogP) is 0.444. The van der Waals surface area contributed by atoms with Crippen molar-refractivity contribution in [2.45, 2.75) is 18.6 Å². The minimum Gasteiger partial charge on any atom is -0.480 e. The number of methoxy groups -OCH3 is 1. The number of hydrogen-bond donors (Lipinski definition) is 1. The van der Waals surface area contributed by atoms with Gasteiger partial charge in [-0.1, -0.05) is 11.6 Å². The van der Waals surface area contributed by atoms with E-state index in [0.29, 0.717) is 0 Å². The first-order chi connectivity index (χ1) is 9.02. The Morgan fingerprint density at radius 3 is 2.84 bits per heavy atom. The van der Waals surface area contributed by atoms with Crippen molar-refractivity contribution < 1.29 is 19.4 Å². The summed E-state index contributed by atoms with van der Waals surface area (Å²) in [6.45, 7) is 0.209. The van der Waals surface area contributed by atoms with Gasteiger partial charge in [-0.2, -0.15) is 0 Å². The van der Waals surface area contributed by atoms with Gasteiger partial charge < -0.3 is 14.7 Å². The highest BCUT2D eigenvalue weighted by Gasteiger charge is 2.40. The van der Waals surface area contributed by atoms with Gasteiger partial charge in [-0.25, -0.2) is 9.78 Å². The van der Waals surface area contributed by atoms with Crippen molar-refractivity contribution in [2.24, 2.45) is 0 Å². The number of aliphatic carboxylic acids is 1. The van der Waals surface area contributed by atoms with E-state index in [0.717, 1.165) is 0 Å². The lowest BCUT2D eigenvalue weighted by Gasteiger charge is -2.20. The molecule has 1 aliphatic rings. The third kappa shape index (κ3) is 2.82. The molecule has 0 radical (unpaired) electrons. The number of likely N-dealkylation sites (tertiary alicyclic amines) is 1. The Balaban J connectivity index is 2.24. The molecule has 1 N–H and O–H groups in total. The van der Waals surface area contributed by atoms with E-state index < -0.39 is 17.9 Å². The van der Waals surface area contributed by atoms with Crippen molar-refractivity contribution >= 4 is 23.5 Å². The van der Waals surface area contributed by atoms with Crippen LogP contribution in [0, 0.1) is 0 Å². The number of aromatic nitrogens is 2. The highest BCUT2D eigenvalue weighted by atomic mass is 35.5. The Labute approximate surface area is 114 Å². The minimum atomic E-state index is -1.07. The first-order valence-electron chi connectivity index (χ1n) is 5.57. The lowest BCUT2D eigenvalue weighted by Crippen LogP contribution is -2.41. The van der Waals surface area contributed by atoms with Crippen molar-refractivity contribution in [3.63, 3.8) is 0 Å². The van der Waals surface area contributed by atoms with E-state index in [9.17, 15) is 9.59 Å². The molecule has 1 aromatic heterocycles. The average molecular weight is 286 g/mol. The summed E-state index contributed by atoms with van der Waals surface area (Å²) >= 11 is 5.67. The molecule has 1 saturated heterocycles. The second-order valence-corrected chi connectivity index (χ2v) is 4.52. The molecule has 102 valence electrons. The molecule has 1 fully saturated rings. The quantitative estimate of drug-likeness (QED) is 0.866. The van der Waals surface area contributed by atoms with Crippen LogP contribution < -0.4 is 0 Å². The minimum absolute atomic E-state index is 0.0236. The molecule has 0 spiro atoms. The molecule has 2 heterocycles. The molecule has 19 heavy (non-hydrogen) atoms. The molecule has 2 atom stereocenters. The van der Waals surface area contributed by atoms with E-state index in [1.54, 1.807) is 0 Å². The van der Waals surface area contributed by atoms with Crippen molar-refractivity contribution in [2.75, 3.05) is 13.7 Å². The number of hydrogen-bond acceptors (Lipinski definition) is 5. The van der Waals surface area contributed by atoms with Crippen molar-refractivity contribution in [3.8, 4) is 0 Å². The van der Waals surface area contributed by atoms with Crippen LogP contribution in [0.25, 0.3) is 0 Å². The zero-order valence-electron chi connectivity index (χ0n) is 10.1. The Morgan fingerprint density at radius 2 is 2.26 bits per heavy atom. The van der Waals surface area contributed by atoms with Gasteiger partial charge in [-0.15, -0.1) is 0 Å². The number of amides is 1. The van der Waals surface area contributed by atoms with Crippen LogP contribution in [0.4, 0.5) is 0 Å². The summed E-state index contributed by atoms with van der Waals surface area (Å²) in [7, 11) is 1.48. The maximum absolute atomic E-state index is 12.2. The summed E-state index contributed by atoms with van der Waals surface area (Å²) in [5.41, 5.74) is 0.0236. The van der Waals surface area contributed by atoms with Crippen LogP contribution in [0.15, 0.2) is 12.4 Å². The van der Waals surface area contributed by atoms with Crippen LogP contribution in [-0.2, 0) is 9.53 Å². The second kappa shape index (κ2) is 5.50. The Bertz CT molecular complexity index is 510. The Hall–Kier alpha value is -1.73. The normalized spacial score (nSPS) is 22.5. The first-order valence-corrected chi connectivity index (χ1v) is 5.95. The number of rotatable bonds is 3. The molecule has 8 heteroatoms. The van der Waals surface area contributed by atoms with Gasteiger partial charge >= 0.3 is 5.97 Å². The van der Waals surface area contributed by atoms with Gasteiger partial charge in [-0.05, 0) is 0 Å². The molecule has 0 aliphatic carbocycles. The van der Waals surface area contributed by atoms with E-state index in [1.165, 1.54) is 24.4 Å².